The van der Waals surface area contributed by atoms with Gasteiger partial charge in [0.25, 0.3) is 0 Å². The Morgan fingerprint density at radius 2 is 1.69 bits per heavy atom. The normalized spacial score (nSPS) is 12.2. The molecule has 3 aromatic carbocycles. The van der Waals surface area contributed by atoms with Gasteiger partial charge in [-0.2, -0.15) is 0 Å². The van der Waals surface area contributed by atoms with E-state index in [-0.39, 0.29) is 11.9 Å². The maximum atomic E-state index is 13.4. The van der Waals surface area contributed by atoms with Crippen molar-refractivity contribution in [1.82, 2.24) is 15.0 Å². The SMILES string of the molecule is CSc1nc(-c2ccnc(C(N)c3ccc4ccccc4c3)c2)c(-c2ccc(F)cc2)[nH]1. The summed E-state index contributed by atoms with van der Waals surface area (Å²) in [5.41, 5.74) is 11.8. The lowest BCUT2D eigenvalue weighted by atomic mass is 9.98. The Balaban J connectivity index is 1.55. The summed E-state index contributed by atoms with van der Waals surface area (Å²) in [6.07, 6.45) is 3.72. The van der Waals surface area contributed by atoms with Gasteiger partial charge < -0.3 is 10.7 Å². The van der Waals surface area contributed by atoms with Crippen molar-refractivity contribution in [2.75, 3.05) is 6.26 Å². The Bertz CT molecular complexity index is 1390. The molecule has 0 spiro atoms. The number of rotatable bonds is 5. The summed E-state index contributed by atoms with van der Waals surface area (Å²) in [4.78, 5) is 12.6. The standard InChI is InChI=1S/C26H21FN4S/c1-32-26-30-24(17-8-10-21(27)11-9-17)25(31-26)20-12-13-29-22(15-20)23(28)19-7-6-16-4-2-3-5-18(16)14-19/h2-15,23H,28H2,1H3,(H,30,31). The largest absolute Gasteiger partial charge is 0.332 e. The van der Waals surface area contributed by atoms with E-state index in [1.807, 2.05) is 36.6 Å². The van der Waals surface area contributed by atoms with E-state index in [4.69, 9.17) is 10.7 Å². The van der Waals surface area contributed by atoms with Gasteiger partial charge in [0.05, 0.1) is 23.1 Å². The third-order valence-electron chi connectivity index (χ3n) is 5.51. The van der Waals surface area contributed by atoms with Crippen LogP contribution in [0.4, 0.5) is 4.39 Å². The number of benzene rings is 3. The maximum absolute atomic E-state index is 13.4. The molecule has 2 aromatic heterocycles. The molecule has 0 saturated carbocycles. The number of pyridine rings is 1. The number of nitrogens with one attached hydrogen (secondary N) is 1. The van der Waals surface area contributed by atoms with Crippen molar-refractivity contribution in [3.05, 3.63) is 102 Å². The highest BCUT2D eigenvalue weighted by Crippen LogP contribution is 2.33. The first-order chi connectivity index (χ1) is 15.6. The molecule has 0 aliphatic rings. The minimum absolute atomic E-state index is 0.271. The summed E-state index contributed by atoms with van der Waals surface area (Å²) in [6.45, 7) is 0. The Labute approximate surface area is 189 Å². The molecule has 2 heterocycles. The van der Waals surface area contributed by atoms with Crippen LogP contribution < -0.4 is 5.73 Å². The number of H-pyrrole nitrogens is 1. The molecular weight excluding hydrogens is 419 g/mol. The lowest BCUT2D eigenvalue weighted by Crippen LogP contribution is -2.13. The van der Waals surface area contributed by atoms with Crippen molar-refractivity contribution in [2.24, 2.45) is 5.73 Å². The zero-order valence-electron chi connectivity index (χ0n) is 17.4. The second-order valence-corrected chi connectivity index (χ2v) is 8.33. The van der Waals surface area contributed by atoms with Gasteiger partial charge in [0.2, 0.25) is 0 Å². The number of nitrogens with zero attached hydrogens (tertiary/aromatic N) is 2. The summed E-state index contributed by atoms with van der Waals surface area (Å²) in [5, 5.41) is 3.11. The Hall–Kier alpha value is -3.48. The number of aromatic nitrogens is 3. The molecule has 5 rings (SSSR count). The first-order valence-electron chi connectivity index (χ1n) is 10.2. The van der Waals surface area contributed by atoms with Crippen molar-refractivity contribution in [3.63, 3.8) is 0 Å². The van der Waals surface area contributed by atoms with Gasteiger partial charge in [0, 0.05) is 17.3 Å². The van der Waals surface area contributed by atoms with E-state index in [1.54, 1.807) is 18.3 Å². The van der Waals surface area contributed by atoms with Crippen LogP contribution >= 0.6 is 11.8 Å². The van der Waals surface area contributed by atoms with Crippen molar-refractivity contribution in [1.29, 1.82) is 0 Å². The average Bonchev–Trinajstić information content (AvgIpc) is 3.28. The molecule has 0 saturated heterocycles. The summed E-state index contributed by atoms with van der Waals surface area (Å²) in [7, 11) is 0. The van der Waals surface area contributed by atoms with Gasteiger partial charge in [-0.3, -0.25) is 4.98 Å². The number of thioether (sulfide) groups is 1. The second-order valence-electron chi connectivity index (χ2n) is 7.53. The van der Waals surface area contributed by atoms with Crippen LogP contribution in [0.5, 0.6) is 0 Å². The van der Waals surface area contributed by atoms with Crippen LogP contribution in [-0.2, 0) is 0 Å². The zero-order valence-corrected chi connectivity index (χ0v) is 18.2. The van der Waals surface area contributed by atoms with Gasteiger partial charge in [-0.05, 0) is 65.1 Å². The fraction of sp³-hybridized carbons (Fsp3) is 0.0769. The van der Waals surface area contributed by atoms with Crippen LogP contribution in [-0.4, -0.2) is 21.2 Å². The Morgan fingerprint density at radius 3 is 2.47 bits per heavy atom. The Morgan fingerprint density at radius 1 is 0.906 bits per heavy atom. The maximum Gasteiger partial charge on any atom is 0.166 e. The molecule has 3 N–H and O–H groups in total. The molecular formula is C26H21FN4S. The highest BCUT2D eigenvalue weighted by molar-refractivity contribution is 7.98. The molecule has 0 aliphatic carbocycles. The van der Waals surface area contributed by atoms with E-state index < -0.39 is 0 Å². The molecule has 32 heavy (non-hydrogen) atoms. The molecule has 4 nitrogen and oxygen atoms in total. The smallest absolute Gasteiger partial charge is 0.166 e. The fourth-order valence-electron chi connectivity index (χ4n) is 3.82. The fourth-order valence-corrected chi connectivity index (χ4v) is 4.21. The molecule has 0 fully saturated rings. The van der Waals surface area contributed by atoms with Crippen LogP contribution in [0.15, 0.2) is 90.2 Å². The topological polar surface area (TPSA) is 67.6 Å². The van der Waals surface area contributed by atoms with Crippen molar-refractivity contribution in [2.45, 2.75) is 11.2 Å². The summed E-state index contributed by atoms with van der Waals surface area (Å²) >= 11 is 1.52. The van der Waals surface area contributed by atoms with Crippen LogP contribution in [0.25, 0.3) is 33.3 Å². The highest BCUT2D eigenvalue weighted by atomic mass is 32.2. The van der Waals surface area contributed by atoms with Gasteiger partial charge in [0.15, 0.2) is 5.16 Å². The minimum atomic E-state index is -0.368. The zero-order chi connectivity index (χ0) is 22.1. The lowest BCUT2D eigenvalue weighted by Gasteiger charge is -2.14. The first-order valence-corrected chi connectivity index (χ1v) is 11.5. The van der Waals surface area contributed by atoms with Gasteiger partial charge in [0.1, 0.15) is 5.82 Å². The molecule has 6 heteroatoms. The average molecular weight is 441 g/mol. The molecule has 1 atom stereocenters. The predicted molar refractivity (Wildman–Crippen MR) is 129 cm³/mol. The number of aromatic amines is 1. The van der Waals surface area contributed by atoms with Crippen LogP contribution in [0.3, 0.4) is 0 Å². The second kappa shape index (κ2) is 8.57. The van der Waals surface area contributed by atoms with E-state index >= 15 is 0 Å². The molecule has 0 bridgehead atoms. The van der Waals surface area contributed by atoms with Crippen molar-refractivity contribution >= 4 is 22.5 Å². The van der Waals surface area contributed by atoms with Gasteiger partial charge in [-0.1, -0.05) is 48.2 Å². The molecule has 1 unspecified atom stereocenters. The molecule has 158 valence electrons. The van der Waals surface area contributed by atoms with E-state index in [0.717, 1.165) is 44.3 Å². The highest BCUT2D eigenvalue weighted by Gasteiger charge is 2.17. The lowest BCUT2D eigenvalue weighted by molar-refractivity contribution is 0.628. The van der Waals surface area contributed by atoms with E-state index in [0.29, 0.717) is 0 Å². The monoisotopic (exact) mass is 440 g/mol. The quantitative estimate of drug-likeness (QED) is 0.319. The van der Waals surface area contributed by atoms with E-state index in [1.165, 1.54) is 29.3 Å². The third kappa shape index (κ3) is 3.90. The van der Waals surface area contributed by atoms with Crippen LogP contribution in [0, 0.1) is 5.82 Å². The molecule has 0 amide bonds. The number of halogens is 1. The van der Waals surface area contributed by atoms with Gasteiger partial charge in [-0.25, -0.2) is 9.37 Å². The van der Waals surface area contributed by atoms with Gasteiger partial charge >= 0.3 is 0 Å². The summed E-state index contributed by atoms with van der Waals surface area (Å²) in [5.74, 6) is -0.271. The Kier molecular flexibility index (Phi) is 5.47. The van der Waals surface area contributed by atoms with E-state index in [9.17, 15) is 4.39 Å². The molecule has 5 aromatic rings. The van der Waals surface area contributed by atoms with Crippen LogP contribution in [0.2, 0.25) is 0 Å². The number of imidazole rings is 1. The van der Waals surface area contributed by atoms with Crippen molar-refractivity contribution < 1.29 is 4.39 Å². The van der Waals surface area contributed by atoms with Crippen molar-refractivity contribution in [3.8, 4) is 22.5 Å². The van der Waals surface area contributed by atoms with Crippen LogP contribution in [0.1, 0.15) is 17.3 Å². The predicted octanol–water partition coefficient (Wildman–Crippen LogP) is 6.20. The minimum Gasteiger partial charge on any atom is -0.332 e. The number of fused-ring (bicyclic) bond motifs is 1. The number of hydrogen-bond donors (Lipinski definition) is 2. The molecule has 0 aliphatic heterocycles. The third-order valence-corrected chi connectivity index (χ3v) is 6.09. The van der Waals surface area contributed by atoms with Gasteiger partial charge in [-0.15, -0.1) is 0 Å². The summed E-state index contributed by atoms with van der Waals surface area (Å²) < 4.78 is 13.4. The number of nitrogens with two attached hydrogens (primary N) is 1. The summed E-state index contributed by atoms with van der Waals surface area (Å²) in [6, 6.07) is 24.4. The number of hydrogen-bond acceptors (Lipinski definition) is 4. The van der Waals surface area contributed by atoms with E-state index in [2.05, 4.69) is 34.2 Å². The first kappa shape index (κ1) is 20.4. The molecule has 0 radical (unpaired) electrons.